The zero-order valence-corrected chi connectivity index (χ0v) is 19.3. The van der Waals surface area contributed by atoms with E-state index in [4.69, 9.17) is 16.2 Å². The summed E-state index contributed by atoms with van der Waals surface area (Å²) in [7, 11) is 1.30. The third kappa shape index (κ3) is 4.52. The third-order valence-corrected chi connectivity index (χ3v) is 6.58. The molecule has 3 unspecified atom stereocenters. The number of nitrogens with zero attached hydrogens (tertiary/aromatic N) is 3. The van der Waals surface area contributed by atoms with Gasteiger partial charge in [-0.25, -0.2) is 13.8 Å². The van der Waals surface area contributed by atoms with E-state index in [0.717, 1.165) is 23.5 Å². The predicted octanol–water partition coefficient (Wildman–Crippen LogP) is 2.47. The van der Waals surface area contributed by atoms with Crippen molar-refractivity contribution >= 4 is 33.6 Å². The minimum Gasteiger partial charge on any atom is -0.497 e. The maximum Gasteiger partial charge on any atom is 0.277 e. The number of nitrogen functional groups attached to an aromatic ring is 1. The van der Waals surface area contributed by atoms with Gasteiger partial charge >= 0.3 is 0 Å². The molecule has 2 aromatic heterocycles. The van der Waals surface area contributed by atoms with E-state index in [2.05, 4.69) is 15.3 Å². The van der Waals surface area contributed by atoms with Crippen LogP contribution in [0.1, 0.15) is 17.4 Å². The quantitative estimate of drug-likeness (QED) is 0.428. The standard InChI is InChI=1S/C22H24F2N6O3S/c1-10-8-30(9-14(25)19(10)31)16-3-4-27-7-15(16)28-21(32)18-20(26)34-22(29-18)17-12(23)5-11(33-2)6-13(17)24/h3-7,10,14,19,31H,8-9,25-26H2,1-2H3,(H,28,32). The number of benzene rings is 1. The molecule has 1 aromatic carbocycles. The number of ether oxygens (including phenoxy) is 1. The Morgan fingerprint density at radius 1 is 1.32 bits per heavy atom. The molecule has 0 radical (unpaired) electrons. The smallest absolute Gasteiger partial charge is 0.277 e. The van der Waals surface area contributed by atoms with Gasteiger partial charge in [-0.15, -0.1) is 0 Å². The van der Waals surface area contributed by atoms with Crippen LogP contribution in [-0.4, -0.2) is 53.3 Å². The molecular formula is C22H24F2N6O3S. The molecule has 9 nitrogen and oxygen atoms in total. The van der Waals surface area contributed by atoms with Crippen molar-refractivity contribution < 1.29 is 23.4 Å². The van der Waals surface area contributed by atoms with Crippen LogP contribution in [0.4, 0.5) is 25.2 Å². The van der Waals surface area contributed by atoms with Gasteiger partial charge in [-0.1, -0.05) is 18.3 Å². The molecule has 1 amide bonds. The van der Waals surface area contributed by atoms with E-state index in [9.17, 15) is 18.7 Å². The van der Waals surface area contributed by atoms with Crippen LogP contribution in [0.3, 0.4) is 0 Å². The number of nitrogens with two attached hydrogens (primary N) is 2. The summed E-state index contributed by atoms with van der Waals surface area (Å²) >= 11 is 0.796. The van der Waals surface area contributed by atoms with Crippen molar-refractivity contribution in [3.8, 4) is 16.3 Å². The predicted molar refractivity (Wildman–Crippen MR) is 126 cm³/mol. The highest BCUT2D eigenvalue weighted by atomic mass is 32.1. The van der Waals surface area contributed by atoms with Gasteiger partial charge < -0.3 is 31.5 Å². The number of thiazole rings is 1. The molecule has 1 aliphatic heterocycles. The van der Waals surface area contributed by atoms with Crippen molar-refractivity contribution in [2.45, 2.75) is 19.1 Å². The van der Waals surface area contributed by atoms with Crippen LogP contribution in [0.5, 0.6) is 5.75 Å². The van der Waals surface area contributed by atoms with Crippen LogP contribution in [-0.2, 0) is 0 Å². The molecule has 4 rings (SSSR count). The molecule has 1 saturated heterocycles. The lowest BCUT2D eigenvalue weighted by Gasteiger charge is -2.40. The number of anilines is 3. The number of amides is 1. The highest BCUT2D eigenvalue weighted by Crippen LogP contribution is 2.36. The van der Waals surface area contributed by atoms with Gasteiger partial charge in [0.2, 0.25) is 0 Å². The molecular weight excluding hydrogens is 466 g/mol. The van der Waals surface area contributed by atoms with Crippen molar-refractivity contribution in [3.05, 3.63) is 47.9 Å². The fourth-order valence-corrected chi connectivity index (χ4v) is 4.80. The van der Waals surface area contributed by atoms with Crippen LogP contribution < -0.4 is 26.4 Å². The molecule has 1 fully saturated rings. The van der Waals surface area contributed by atoms with E-state index in [1.165, 1.54) is 13.3 Å². The maximum absolute atomic E-state index is 14.5. The van der Waals surface area contributed by atoms with Gasteiger partial charge in [-0.2, -0.15) is 0 Å². The minimum atomic E-state index is -0.884. The number of nitrogens with one attached hydrogen (secondary N) is 1. The van der Waals surface area contributed by atoms with E-state index in [-0.39, 0.29) is 27.4 Å². The molecule has 3 heterocycles. The van der Waals surface area contributed by atoms with Gasteiger partial charge in [-0.3, -0.25) is 9.78 Å². The number of hydrogen-bond acceptors (Lipinski definition) is 9. The topological polar surface area (TPSA) is 140 Å². The van der Waals surface area contributed by atoms with Crippen molar-refractivity contribution in [1.29, 1.82) is 0 Å². The summed E-state index contributed by atoms with van der Waals surface area (Å²) in [6.07, 6.45) is 2.43. The van der Waals surface area contributed by atoms with Gasteiger partial charge in [-0.05, 0) is 6.07 Å². The van der Waals surface area contributed by atoms with Crippen molar-refractivity contribution in [1.82, 2.24) is 9.97 Å². The molecule has 0 spiro atoms. The van der Waals surface area contributed by atoms with E-state index in [1.54, 1.807) is 12.3 Å². The van der Waals surface area contributed by atoms with Gasteiger partial charge in [0.15, 0.2) is 5.69 Å². The number of carbonyl (C=O) groups excluding carboxylic acids is 1. The summed E-state index contributed by atoms with van der Waals surface area (Å²) in [5.74, 6) is -2.48. The SMILES string of the molecule is COc1cc(F)c(-c2nc(C(=O)Nc3cnccc3N3CC(C)C(O)C(N)C3)c(N)s2)c(F)c1. The first-order valence-corrected chi connectivity index (χ1v) is 11.2. The van der Waals surface area contributed by atoms with E-state index in [0.29, 0.717) is 24.5 Å². The van der Waals surface area contributed by atoms with Gasteiger partial charge in [0, 0.05) is 43.4 Å². The lowest BCUT2D eigenvalue weighted by atomic mass is 9.92. The number of piperidine rings is 1. The summed E-state index contributed by atoms with van der Waals surface area (Å²) in [6, 6.07) is 3.33. The second-order valence-corrected chi connectivity index (χ2v) is 9.11. The Morgan fingerprint density at radius 3 is 2.68 bits per heavy atom. The largest absolute Gasteiger partial charge is 0.497 e. The summed E-state index contributed by atoms with van der Waals surface area (Å²) in [4.78, 5) is 23.1. The highest BCUT2D eigenvalue weighted by Gasteiger charge is 2.32. The molecule has 3 aromatic rings. The van der Waals surface area contributed by atoms with E-state index in [1.807, 2.05) is 11.8 Å². The molecule has 0 bridgehead atoms. The molecule has 1 aliphatic rings. The van der Waals surface area contributed by atoms with E-state index >= 15 is 0 Å². The van der Waals surface area contributed by atoms with Crippen molar-refractivity contribution in [2.24, 2.45) is 11.7 Å². The number of aliphatic hydroxyl groups excluding tert-OH is 1. The zero-order chi connectivity index (χ0) is 24.6. The second-order valence-electron chi connectivity index (χ2n) is 8.08. The number of pyridine rings is 1. The fourth-order valence-electron chi connectivity index (χ4n) is 3.93. The van der Waals surface area contributed by atoms with Crippen LogP contribution in [0, 0.1) is 17.6 Å². The molecule has 3 atom stereocenters. The van der Waals surface area contributed by atoms with Gasteiger partial charge in [0.05, 0.1) is 36.3 Å². The van der Waals surface area contributed by atoms with Crippen LogP contribution >= 0.6 is 11.3 Å². The fraction of sp³-hybridized carbons (Fsp3) is 0.318. The van der Waals surface area contributed by atoms with E-state index < -0.39 is 35.3 Å². The summed E-state index contributed by atoms with van der Waals surface area (Å²) in [5, 5.41) is 12.8. The third-order valence-electron chi connectivity index (χ3n) is 5.68. The number of methoxy groups -OCH3 is 1. The number of hydrogen-bond donors (Lipinski definition) is 4. The normalized spacial score (nSPS) is 20.3. The Hall–Kier alpha value is -3.35. The van der Waals surface area contributed by atoms with Crippen LogP contribution in [0.15, 0.2) is 30.6 Å². The number of rotatable bonds is 5. The molecule has 34 heavy (non-hydrogen) atoms. The monoisotopic (exact) mass is 490 g/mol. The first kappa shape index (κ1) is 23.8. The average molecular weight is 491 g/mol. The Labute approximate surface area is 198 Å². The lowest BCUT2D eigenvalue weighted by molar-refractivity contribution is 0.0785. The number of aromatic nitrogens is 2. The summed E-state index contributed by atoms with van der Waals surface area (Å²) in [6.45, 7) is 2.81. The molecule has 6 N–H and O–H groups in total. The lowest BCUT2D eigenvalue weighted by Crippen LogP contribution is -2.55. The number of aliphatic hydroxyl groups is 1. The Kier molecular flexibility index (Phi) is 6.64. The molecule has 180 valence electrons. The highest BCUT2D eigenvalue weighted by molar-refractivity contribution is 7.19. The molecule has 0 aliphatic carbocycles. The number of carbonyl (C=O) groups is 1. The molecule has 0 saturated carbocycles. The van der Waals surface area contributed by atoms with Crippen molar-refractivity contribution in [3.63, 3.8) is 0 Å². The van der Waals surface area contributed by atoms with Crippen molar-refractivity contribution in [2.75, 3.05) is 36.1 Å². The second kappa shape index (κ2) is 9.49. The summed E-state index contributed by atoms with van der Waals surface area (Å²) < 4.78 is 33.8. The first-order valence-electron chi connectivity index (χ1n) is 10.4. The molecule has 12 heteroatoms. The average Bonchev–Trinajstić information content (AvgIpc) is 3.18. The Balaban J connectivity index is 1.61. The van der Waals surface area contributed by atoms with Gasteiger partial charge in [0.25, 0.3) is 5.91 Å². The first-order chi connectivity index (χ1) is 16.2. The summed E-state index contributed by atoms with van der Waals surface area (Å²) in [5.41, 5.74) is 12.5. The minimum absolute atomic E-state index is 0.00398. The zero-order valence-electron chi connectivity index (χ0n) is 18.5. The number of halogens is 2. The Morgan fingerprint density at radius 2 is 2.03 bits per heavy atom. The maximum atomic E-state index is 14.5. The van der Waals surface area contributed by atoms with Crippen LogP contribution in [0.25, 0.3) is 10.6 Å². The van der Waals surface area contributed by atoms with Gasteiger partial charge in [0.1, 0.15) is 27.4 Å². The Bertz CT molecular complexity index is 1190. The van der Waals surface area contributed by atoms with Crippen LogP contribution in [0.2, 0.25) is 0 Å².